The van der Waals surface area contributed by atoms with Crippen molar-refractivity contribution in [3.05, 3.63) is 17.7 Å². The van der Waals surface area contributed by atoms with Gasteiger partial charge in [-0.25, -0.2) is 4.79 Å². The molecule has 7 heteroatoms. The summed E-state index contributed by atoms with van der Waals surface area (Å²) in [6, 6.07) is 3.77. The van der Waals surface area contributed by atoms with Crippen LogP contribution in [-0.4, -0.2) is 46.1 Å². The molecule has 0 saturated heterocycles. The largest absolute Gasteiger partial charge is 0.493 e. The summed E-state index contributed by atoms with van der Waals surface area (Å²) in [5, 5.41) is 5.93. The Balaban J connectivity index is 2.47. The second kappa shape index (κ2) is 9.22. The van der Waals surface area contributed by atoms with Gasteiger partial charge in [-0.3, -0.25) is 0 Å². The minimum Gasteiger partial charge on any atom is -0.493 e. The lowest BCUT2D eigenvalue weighted by Gasteiger charge is -2.19. The third-order valence-electron chi connectivity index (χ3n) is 3.02. The van der Waals surface area contributed by atoms with Crippen LogP contribution in [0.3, 0.4) is 0 Å². The Labute approximate surface area is 143 Å². The lowest BCUT2D eigenvalue weighted by atomic mass is 10.2. The van der Waals surface area contributed by atoms with Gasteiger partial charge < -0.3 is 29.6 Å². The fourth-order valence-electron chi connectivity index (χ4n) is 2.04. The quantitative estimate of drug-likeness (QED) is 0.707. The minimum absolute atomic E-state index is 0.419. The number of hydrogen-bond donors (Lipinski definition) is 2. The molecular formula is C17H28N2O5. The molecule has 0 atom stereocenters. The van der Waals surface area contributed by atoms with Crippen molar-refractivity contribution in [3.63, 3.8) is 0 Å². The van der Waals surface area contributed by atoms with Crippen molar-refractivity contribution in [1.82, 2.24) is 10.6 Å². The highest BCUT2D eigenvalue weighted by Crippen LogP contribution is 2.38. The van der Waals surface area contributed by atoms with Crippen molar-refractivity contribution in [2.75, 3.05) is 34.4 Å². The number of amides is 1. The van der Waals surface area contributed by atoms with Crippen LogP contribution in [0, 0.1) is 0 Å². The number of ether oxygens (including phenoxy) is 4. The van der Waals surface area contributed by atoms with E-state index in [-0.39, 0.29) is 0 Å². The molecule has 0 fully saturated rings. The molecule has 1 aromatic rings. The van der Waals surface area contributed by atoms with Crippen LogP contribution in [-0.2, 0) is 11.3 Å². The SMILES string of the molecule is COc1cc(CNCCNC(=O)OC(C)(C)C)cc(OC)c1OC. The van der Waals surface area contributed by atoms with Gasteiger partial charge in [0.2, 0.25) is 5.75 Å². The molecule has 0 heterocycles. The van der Waals surface area contributed by atoms with Crippen LogP contribution in [0.2, 0.25) is 0 Å². The lowest BCUT2D eigenvalue weighted by molar-refractivity contribution is 0.0528. The van der Waals surface area contributed by atoms with Gasteiger partial charge in [-0.1, -0.05) is 0 Å². The van der Waals surface area contributed by atoms with Crippen LogP contribution >= 0.6 is 0 Å². The third kappa shape index (κ3) is 6.54. The van der Waals surface area contributed by atoms with Crippen molar-refractivity contribution in [3.8, 4) is 17.2 Å². The van der Waals surface area contributed by atoms with Crippen molar-refractivity contribution < 1.29 is 23.7 Å². The molecular weight excluding hydrogens is 312 g/mol. The number of hydrogen-bond acceptors (Lipinski definition) is 6. The molecule has 1 aromatic carbocycles. The average molecular weight is 340 g/mol. The molecule has 0 spiro atoms. The van der Waals surface area contributed by atoms with Gasteiger partial charge in [0.1, 0.15) is 5.60 Å². The van der Waals surface area contributed by atoms with Crippen LogP contribution in [0.25, 0.3) is 0 Å². The predicted octanol–water partition coefficient (Wildman–Crippen LogP) is 2.33. The first-order chi connectivity index (χ1) is 11.3. The summed E-state index contributed by atoms with van der Waals surface area (Å²) in [5.74, 6) is 1.79. The highest BCUT2D eigenvalue weighted by atomic mass is 16.6. The fraction of sp³-hybridized carbons (Fsp3) is 0.588. The van der Waals surface area contributed by atoms with E-state index in [4.69, 9.17) is 18.9 Å². The Bertz CT molecular complexity index is 515. The Kier molecular flexibility index (Phi) is 7.64. The van der Waals surface area contributed by atoms with Gasteiger partial charge >= 0.3 is 6.09 Å². The number of benzene rings is 1. The molecule has 0 aliphatic heterocycles. The van der Waals surface area contributed by atoms with Crippen molar-refractivity contribution in [2.45, 2.75) is 32.9 Å². The molecule has 1 rings (SSSR count). The zero-order chi connectivity index (χ0) is 18.2. The van der Waals surface area contributed by atoms with E-state index in [1.807, 2.05) is 32.9 Å². The number of methoxy groups -OCH3 is 3. The van der Waals surface area contributed by atoms with E-state index in [0.717, 1.165) is 5.56 Å². The Morgan fingerprint density at radius 3 is 2.04 bits per heavy atom. The van der Waals surface area contributed by atoms with E-state index in [1.54, 1.807) is 21.3 Å². The number of nitrogens with one attached hydrogen (secondary N) is 2. The zero-order valence-corrected chi connectivity index (χ0v) is 15.3. The predicted molar refractivity (Wildman–Crippen MR) is 92.0 cm³/mol. The Hall–Kier alpha value is -2.15. The van der Waals surface area contributed by atoms with E-state index >= 15 is 0 Å². The molecule has 2 N–H and O–H groups in total. The molecule has 0 unspecified atom stereocenters. The average Bonchev–Trinajstić information content (AvgIpc) is 2.51. The van der Waals surface area contributed by atoms with E-state index in [2.05, 4.69) is 10.6 Å². The summed E-state index contributed by atoms with van der Waals surface area (Å²) in [5.41, 5.74) is 0.495. The van der Waals surface area contributed by atoms with Crippen molar-refractivity contribution in [2.24, 2.45) is 0 Å². The Morgan fingerprint density at radius 1 is 1.00 bits per heavy atom. The van der Waals surface area contributed by atoms with Gasteiger partial charge in [0, 0.05) is 19.6 Å². The molecule has 24 heavy (non-hydrogen) atoms. The molecule has 0 aromatic heterocycles. The maximum absolute atomic E-state index is 11.5. The highest BCUT2D eigenvalue weighted by molar-refractivity contribution is 5.67. The Morgan fingerprint density at radius 2 is 1.58 bits per heavy atom. The minimum atomic E-state index is -0.492. The maximum Gasteiger partial charge on any atom is 0.407 e. The summed E-state index contributed by atoms with van der Waals surface area (Å²) in [7, 11) is 4.74. The summed E-state index contributed by atoms with van der Waals surface area (Å²) in [4.78, 5) is 11.5. The van der Waals surface area contributed by atoms with E-state index in [9.17, 15) is 4.79 Å². The van der Waals surface area contributed by atoms with Crippen LogP contribution in [0.1, 0.15) is 26.3 Å². The topological polar surface area (TPSA) is 78.1 Å². The molecule has 136 valence electrons. The lowest BCUT2D eigenvalue weighted by Crippen LogP contribution is -2.36. The third-order valence-corrected chi connectivity index (χ3v) is 3.02. The first-order valence-electron chi connectivity index (χ1n) is 7.77. The van der Waals surface area contributed by atoms with E-state index in [0.29, 0.717) is 36.9 Å². The van der Waals surface area contributed by atoms with Gasteiger partial charge in [-0.2, -0.15) is 0 Å². The number of carbonyl (C=O) groups is 1. The molecule has 0 saturated carbocycles. The normalized spacial score (nSPS) is 10.9. The summed E-state index contributed by atoms with van der Waals surface area (Å²) >= 11 is 0. The standard InChI is InChI=1S/C17H28N2O5/c1-17(2,3)24-16(20)19-8-7-18-11-12-9-13(21-4)15(23-6)14(10-12)22-5/h9-10,18H,7-8,11H2,1-6H3,(H,19,20). The zero-order valence-electron chi connectivity index (χ0n) is 15.3. The van der Waals surface area contributed by atoms with E-state index in [1.165, 1.54) is 0 Å². The van der Waals surface area contributed by atoms with Crippen LogP contribution in [0.5, 0.6) is 17.2 Å². The second-order valence-corrected chi connectivity index (χ2v) is 6.14. The van der Waals surface area contributed by atoms with Crippen LogP contribution in [0.4, 0.5) is 4.79 Å². The van der Waals surface area contributed by atoms with Crippen LogP contribution in [0.15, 0.2) is 12.1 Å². The van der Waals surface area contributed by atoms with Crippen molar-refractivity contribution >= 4 is 6.09 Å². The number of carbonyl (C=O) groups excluding carboxylic acids is 1. The van der Waals surface area contributed by atoms with Gasteiger partial charge in [-0.05, 0) is 38.5 Å². The first-order valence-corrected chi connectivity index (χ1v) is 7.77. The molecule has 0 aliphatic carbocycles. The summed E-state index contributed by atoms with van der Waals surface area (Å²) < 4.78 is 21.1. The summed E-state index contributed by atoms with van der Waals surface area (Å²) in [6.07, 6.45) is -0.419. The molecule has 0 radical (unpaired) electrons. The van der Waals surface area contributed by atoms with Gasteiger partial charge in [0.05, 0.1) is 21.3 Å². The number of rotatable bonds is 8. The number of alkyl carbamates (subject to hydrolysis) is 1. The van der Waals surface area contributed by atoms with Gasteiger partial charge in [-0.15, -0.1) is 0 Å². The molecule has 7 nitrogen and oxygen atoms in total. The first kappa shape index (κ1) is 19.9. The molecule has 0 aliphatic rings. The van der Waals surface area contributed by atoms with Gasteiger partial charge in [0.25, 0.3) is 0 Å². The maximum atomic E-state index is 11.5. The monoisotopic (exact) mass is 340 g/mol. The van der Waals surface area contributed by atoms with Gasteiger partial charge in [0.15, 0.2) is 11.5 Å². The second-order valence-electron chi connectivity index (χ2n) is 6.14. The summed E-state index contributed by atoms with van der Waals surface area (Å²) in [6.45, 7) is 7.17. The van der Waals surface area contributed by atoms with Crippen molar-refractivity contribution in [1.29, 1.82) is 0 Å². The van der Waals surface area contributed by atoms with Crippen LogP contribution < -0.4 is 24.8 Å². The smallest absolute Gasteiger partial charge is 0.407 e. The fourth-order valence-corrected chi connectivity index (χ4v) is 2.04. The molecule has 0 bridgehead atoms. The molecule has 1 amide bonds. The highest BCUT2D eigenvalue weighted by Gasteiger charge is 2.15. The van der Waals surface area contributed by atoms with E-state index < -0.39 is 11.7 Å².